The molecule has 2 rings (SSSR count). The summed E-state index contributed by atoms with van der Waals surface area (Å²) in [7, 11) is -2.35. The first kappa shape index (κ1) is 15.9. The maximum Gasteiger partial charge on any atom is 0.266 e. The fraction of sp³-hybridized carbons (Fsp3) is 0.167. The summed E-state index contributed by atoms with van der Waals surface area (Å²) in [5, 5.41) is 2.81. The summed E-state index contributed by atoms with van der Waals surface area (Å²) in [6, 6.07) is 3.72. The van der Waals surface area contributed by atoms with Gasteiger partial charge in [-0.15, -0.1) is 0 Å². The van der Waals surface area contributed by atoms with Crippen LogP contribution in [0.2, 0.25) is 0 Å². The summed E-state index contributed by atoms with van der Waals surface area (Å²) >= 11 is 3.00. The molecule has 0 amide bonds. The molecule has 114 valence electrons. The van der Waals surface area contributed by atoms with Crippen LogP contribution < -0.4 is 10.0 Å². The minimum atomic E-state index is -4.03. The molecule has 0 aliphatic carbocycles. The van der Waals surface area contributed by atoms with Crippen molar-refractivity contribution in [1.82, 2.24) is 5.32 Å². The summed E-state index contributed by atoms with van der Waals surface area (Å²) in [5.74, 6) is -1.36. The third-order valence-electron chi connectivity index (χ3n) is 2.46. The average Bonchev–Trinajstić information content (AvgIpc) is 2.69. The number of halogens is 3. The minimum Gasteiger partial charge on any atom is -0.451 e. The van der Waals surface area contributed by atoms with Gasteiger partial charge in [0.05, 0.1) is 12.2 Å². The first-order valence-electron chi connectivity index (χ1n) is 5.73. The Morgan fingerprint density at radius 1 is 1.19 bits per heavy atom. The molecular formula is C12H11BrF2N2O3S. The summed E-state index contributed by atoms with van der Waals surface area (Å²) in [4.78, 5) is -0.155. The van der Waals surface area contributed by atoms with Crippen molar-refractivity contribution >= 4 is 31.6 Å². The number of rotatable bonds is 5. The van der Waals surface area contributed by atoms with Gasteiger partial charge in [0.15, 0.2) is 4.67 Å². The lowest BCUT2D eigenvalue weighted by molar-refractivity contribution is 0.470. The molecule has 0 aliphatic heterocycles. The average molecular weight is 381 g/mol. The summed E-state index contributed by atoms with van der Waals surface area (Å²) in [6.07, 6.45) is 0. The number of hydrogen-bond acceptors (Lipinski definition) is 4. The van der Waals surface area contributed by atoms with Crippen molar-refractivity contribution < 1.29 is 21.6 Å². The Labute approximate surface area is 128 Å². The molecule has 5 nitrogen and oxygen atoms in total. The van der Waals surface area contributed by atoms with E-state index in [2.05, 4.69) is 26.0 Å². The lowest BCUT2D eigenvalue weighted by Gasteiger charge is -2.06. The van der Waals surface area contributed by atoms with Crippen molar-refractivity contribution in [2.24, 2.45) is 0 Å². The molecule has 1 heterocycles. The van der Waals surface area contributed by atoms with Crippen LogP contribution in [0.15, 0.2) is 38.2 Å². The van der Waals surface area contributed by atoms with E-state index < -0.39 is 21.7 Å². The van der Waals surface area contributed by atoms with Crippen LogP contribution in [0.25, 0.3) is 0 Å². The molecule has 0 saturated heterocycles. The monoisotopic (exact) mass is 380 g/mol. The Hall–Kier alpha value is -1.45. The van der Waals surface area contributed by atoms with Crippen molar-refractivity contribution in [1.29, 1.82) is 0 Å². The first-order valence-corrected chi connectivity index (χ1v) is 8.01. The molecule has 2 N–H and O–H groups in total. The van der Waals surface area contributed by atoms with Gasteiger partial charge in [0.1, 0.15) is 22.3 Å². The van der Waals surface area contributed by atoms with E-state index in [0.717, 1.165) is 12.1 Å². The standard InChI is InChI=1S/C12H11BrF2N2O3S/c1-16-6-10-5-11(12(13)20-10)21(18,19)17-9-3-7(14)2-8(15)4-9/h2-5,16-17H,6H2,1H3. The van der Waals surface area contributed by atoms with Crippen LogP contribution in [-0.4, -0.2) is 15.5 Å². The van der Waals surface area contributed by atoms with E-state index in [1.54, 1.807) is 7.05 Å². The largest absolute Gasteiger partial charge is 0.451 e. The van der Waals surface area contributed by atoms with E-state index >= 15 is 0 Å². The van der Waals surface area contributed by atoms with Gasteiger partial charge < -0.3 is 9.73 Å². The first-order chi connectivity index (χ1) is 9.81. The summed E-state index contributed by atoms with van der Waals surface area (Å²) in [5.41, 5.74) is -0.212. The fourth-order valence-electron chi connectivity index (χ4n) is 1.67. The normalized spacial score (nSPS) is 11.6. The second kappa shape index (κ2) is 6.12. The molecule has 0 bridgehead atoms. The zero-order valence-electron chi connectivity index (χ0n) is 10.8. The van der Waals surface area contributed by atoms with Gasteiger partial charge in [-0.1, -0.05) is 0 Å². The summed E-state index contributed by atoms with van der Waals surface area (Å²) < 4.78 is 57.9. The third kappa shape index (κ3) is 3.80. The third-order valence-corrected chi connectivity index (χ3v) is 4.70. The molecule has 2 aromatic rings. The second-order valence-electron chi connectivity index (χ2n) is 4.14. The van der Waals surface area contributed by atoms with Gasteiger partial charge in [-0.2, -0.15) is 0 Å². The van der Waals surface area contributed by atoms with Gasteiger partial charge in [-0.05, 0) is 35.1 Å². The van der Waals surface area contributed by atoms with E-state index in [1.807, 2.05) is 0 Å². The lowest BCUT2D eigenvalue weighted by Crippen LogP contribution is -2.13. The molecule has 0 spiro atoms. The number of sulfonamides is 1. The van der Waals surface area contributed by atoms with Gasteiger partial charge in [0.25, 0.3) is 10.0 Å². The highest BCUT2D eigenvalue weighted by atomic mass is 79.9. The van der Waals surface area contributed by atoms with Crippen molar-refractivity contribution in [3.05, 3.63) is 46.3 Å². The fourth-order valence-corrected chi connectivity index (χ4v) is 3.70. The molecule has 21 heavy (non-hydrogen) atoms. The maximum absolute atomic E-state index is 13.1. The molecule has 1 aromatic carbocycles. The van der Waals surface area contributed by atoms with E-state index in [0.29, 0.717) is 18.4 Å². The molecule has 0 aliphatic rings. The van der Waals surface area contributed by atoms with E-state index in [-0.39, 0.29) is 15.3 Å². The Balaban J connectivity index is 2.33. The number of nitrogens with one attached hydrogen (secondary N) is 2. The van der Waals surface area contributed by atoms with Crippen LogP contribution in [0.1, 0.15) is 5.76 Å². The van der Waals surface area contributed by atoms with Crippen LogP contribution in [0.4, 0.5) is 14.5 Å². The highest BCUT2D eigenvalue weighted by molar-refractivity contribution is 9.10. The molecule has 0 atom stereocenters. The lowest BCUT2D eigenvalue weighted by atomic mass is 10.3. The molecule has 1 aromatic heterocycles. The Bertz CT molecular complexity index is 742. The highest BCUT2D eigenvalue weighted by Crippen LogP contribution is 2.28. The van der Waals surface area contributed by atoms with Crippen molar-refractivity contribution in [3.63, 3.8) is 0 Å². The van der Waals surface area contributed by atoms with Crippen LogP contribution in [-0.2, 0) is 16.6 Å². The van der Waals surface area contributed by atoms with E-state index in [4.69, 9.17) is 4.42 Å². The Morgan fingerprint density at radius 2 is 1.81 bits per heavy atom. The Kier molecular flexibility index (Phi) is 4.64. The molecule has 0 radical (unpaired) electrons. The second-order valence-corrected chi connectivity index (χ2v) is 6.52. The molecule has 0 saturated carbocycles. The van der Waals surface area contributed by atoms with E-state index in [9.17, 15) is 17.2 Å². The van der Waals surface area contributed by atoms with Gasteiger partial charge in [0, 0.05) is 12.1 Å². The van der Waals surface area contributed by atoms with Crippen LogP contribution in [0.5, 0.6) is 0 Å². The quantitative estimate of drug-likeness (QED) is 0.836. The van der Waals surface area contributed by atoms with Gasteiger partial charge >= 0.3 is 0 Å². The Morgan fingerprint density at radius 3 is 2.38 bits per heavy atom. The number of hydrogen-bond donors (Lipinski definition) is 2. The summed E-state index contributed by atoms with van der Waals surface area (Å²) in [6.45, 7) is 0.336. The maximum atomic E-state index is 13.1. The number of benzene rings is 1. The minimum absolute atomic E-state index is 0.0112. The zero-order chi connectivity index (χ0) is 15.6. The molecule has 9 heteroatoms. The van der Waals surface area contributed by atoms with Gasteiger partial charge in [0.2, 0.25) is 0 Å². The predicted octanol–water partition coefficient (Wildman–Crippen LogP) is 2.84. The van der Waals surface area contributed by atoms with Crippen LogP contribution in [0, 0.1) is 11.6 Å². The SMILES string of the molecule is CNCc1cc(S(=O)(=O)Nc2cc(F)cc(F)c2)c(Br)o1. The van der Waals surface area contributed by atoms with Crippen molar-refractivity contribution in [3.8, 4) is 0 Å². The smallest absolute Gasteiger partial charge is 0.266 e. The van der Waals surface area contributed by atoms with Gasteiger partial charge in [-0.3, -0.25) is 4.72 Å². The molecular weight excluding hydrogens is 370 g/mol. The van der Waals surface area contributed by atoms with Gasteiger partial charge in [-0.25, -0.2) is 17.2 Å². The molecule has 0 unspecified atom stereocenters. The molecule has 0 fully saturated rings. The predicted molar refractivity (Wildman–Crippen MR) is 76.3 cm³/mol. The van der Waals surface area contributed by atoms with Crippen LogP contribution >= 0.6 is 15.9 Å². The van der Waals surface area contributed by atoms with Crippen LogP contribution in [0.3, 0.4) is 0 Å². The number of anilines is 1. The zero-order valence-corrected chi connectivity index (χ0v) is 13.2. The van der Waals surface area contributed by atoms with Crippen molar-refractivity contribution in [2.45, 2.75) is 11.4 Å². The topological polar surface area (TPSA) is 71.3 Å². The van der Waals surface area contributed by atoms with E-state index in [1.165, 1.54) is 6.07 Å². The highest BCUT2D eigenvalue weighted by Gasteiger charge is 2.23. The number of furan rings is 1. The van der Waals surface area contributed by atoms with Crippen molar-refractivity contribution in [2.75, 3.05) is 11.8 Å².